The fourth-order valence-electron chi connectivity index (χ4n) is 3.75. The Morgan fingerprint density at radius 3 is 1.23 bits per heavy atom. The first-order chi connectivity index (χ1) is 14.2. The number of Topliss-reactive ketones (excluding diaryl/α,β-unsaturated/α-hetero) is 1. The number of carbonyl (C=O) groups excluding carboxylic acids is 1. The highest BCUT2D eigenvalue weighted by Gasteiger charge is 2.50. The molecule has 0 amide bonds. The summed E-state index contributed by atoms with van der Waals surface area (Å²) in [6.07, 6.45) is 0.590. The average Bonchev–Trinajstić information content (AvgIpc) is 2.69. The van der Waals surface area contributed by atoms with Gasteiger partial charge in [0.2, 0.25) is 0 Å². The summed E-state index contributed by atoms with van der Waals surface area (Å²) >= 11 is 0. The number of ketones is 1. The van der Waals surface area contributed by atoms with Gasteiger partial charge < -0.3 is 0 Å². The zero-order valence-electron chi connectivity index (χ0n) is 16.8. The molecule has 0 aliphatic heterocycles. The highest BCUT2D eigenvalue weighted by Crippen LogP contribution is 2.60. The van der Waals surface area contributed by atoms with Gasteiger partial charge in [0.1, 0.15) is 29.0 Å². The van der Waals surface area contributed by atoms with E-state index in [9.17, 15) is 4.79 Å². The Labute approximate surface area is 179 Å². The molecule has 0 bridgehead atoms. The molecule has 158 valence electrons. The molecule has 5 nitrogen and oxygen atoms in total. The first-order valence-corrected chi connectivity index (χ1v) is 12.4. The lowest BCUT2D eigenvalue weighted by molar-refractivity contribution is -2.00. The van der Waals surface area contributed by atoms with Crippen LogP contribution in [-0.2, 0) is 4.79 Å². The number of halogens is 1. The zero-order valence-corrected chi connectivity index (χ0v) is 18.5. The molecule has 0 aromatic heterocycles. The summed E-state index contributed by atoms with van der Waals surface area (Å²) in [4.78, 5) is 12.0. The smallest absolute Gasteiger partial charge is 0.133 e. The topological polar surface area (TPSA) is 109 Å². The number of rotatable bonds is 6. The van der Waals surface area contributed by atoms with Gasteiger partial charge in [-0.3, -0.25) is 4.79 Å². The predicted molar refractivity (Wildman–Crippen MR) is 110 cm³/mol. The Morgan fingerprint density at radius 2 is 1.00 bits per heavy atom. The average molecular weight is 447 g/mol. The van der Waals surface area contributed by atoms with Gasteiger partial charge in [0.05, 0.1) is 5.66 Å². The van der Waals surface area contributed by atoms with E-state index in [0.717, 1.165) is 0 Å². The van der Waals surface area contributed by atoms with Crippen molar-refractivity contribution in [2.45, 2.75) is 25.9 Å². The molecule has 0 aliphatic rings. The van der Waals surface area contributed by atoms with Crippen molar-refractivity contribution in [1.82, 2.24) is 0 Å². The lowest BCUT2D eigenvalue weighted by atomic mass is 10.2. The molecule has 0 saturated carbocycles. The molecular weight excluding hydrogens is 423 g/mol. The summed E-state index contributed by atoms with van der Waals surface area (Å²) in [7, 11) is -6.86. The Bertz CT molecular complexity index is 812. The zero-order chi connectivity index (χ0) is 22.2. The molecular formula is C23H24ClO5P. The Hall–Kier alpha value is -2.11. The molecule has 0 radical (unpaired) electrons. The third-order valence-electron chi connectivity index (χ3n) is 4.73. The first-order valence-electron chi connectivity index (χ1n) is 9.32. The maximum absolute atomic E-state index is 12.0. The van der Waals surface area contributed by atoms with Crippen molar-refractivity contribution in [2.24, 2.45) is 0 Å². The van der Waals surface area contributed by atoms with E-state index in [-0.39, 0.29) is 11.4 Å². The van der Waals surface area contributed by atoms with E-state index < -0.39 is 17.5 Å². The molecule has 1 atom stereocenters. The van der Waals surface area contributed by atoms with E-state index in [1.165, 1.54) is 15.9 Å². The van der Waals surface area contributed by atoms with Gasteiger partial charge in [-0.2, -0.15) is 0 Å². The van der Waals surface area contributed by atoms with Gasteiger partial charge in [0, 0.05) is 6.42 Å². The molecule has 0 fully saturated rings. The number of hydrogen-bond donors (Lipinski definition) is 0. The predicted octanol–water partition coefficient (Wildman–Crippen LogP) is -0.408. The summed E-state index contributed by atoms with van der Waals surface area (Å²) < 4.78 is 34.0. The second kappa shape index (κ2) is 10.8. The van der Waals surface area contributed by atoms with E-state index in [4.69, 9.17) is 18.6 Å². The quantitative estimate of drug-likeness (QED) is 0.478. The van der Waals surface area contributed by atoms with Crippen molar-refractivity contribution >= 4 is 29.0 Å². The molecule has 0 aliphatic carbocycles. The first kappa shape index (κ1) is 24.2. The minimum absolute atomic E-state index is 0.247. The standard InChI is InChI=1S/C23H24OP.ClHO4/c1-19(24)18-20(2)25(21-12-6-3-7-13-21,22-14-8-4-9-15-22)23-16-10-5-11-17-23;2-1(3,4)5/h3-17,20H,18H2,1-2H3;(H,2,3,4,5)/q+1;/p-1. The largest absolute Gasteiger partial charge is 0.300 e. The normalized spacial score (nSPS) is 12.5. The van der Waals surface area contributed by atoms with Gasteiger partial charge in [-0.25, -0.2) is 18.6 Å². The summed E-state index contributed by atoms with van der Waals surface area (Å²) in [5, 5.41) is 4.00. The number of benzene rings is 3. The van der Waals surface area contributed by atoms with Crippen LogP contribution in [0.5, 0.6) is 0 Å². The van der Waals surface area contributed by atoms with Crippen molar-refractivity contribution in [3.05, 3.63) is 91.0 Å². The minimum atomic E-state index is -4.94. The molecule has 30 heavy (non-hydrogen) atoms. The molecule has 0 spiro atoms. The van der Waals surface area contributed by atoms with E-state index in [0.29, 0.717) is 6.42 Å². The fraction of sp³-hybridized carbons (Fsp3) is 0.174. The van der Waals surface area contributed by atoms with Crippen LogP contribution in [0.3, 0.4) is 0 Å². The summed E-state index contributed by atoms with van der Waals surface area (Å²) in [6, 6.07) is 32.2. The molecule has 7 heteroatoms. The van der Waals surface area contributed by atoms with Crippen LogP contribution in [0.2, 0.25) is 0 Å². The van der Waals surface area contributed by atoms with Crippen LogP contribution in [0.4, 0.5) is 0 Å². The lowest BCUT2D eigenvalue weighted by Gasteiger charge is -2.32. The maximum Gasteiger partial charge on any atom is 0.133 e. The van der Waals surface area contributed by atoms with Crippen LogP contribution in [0.25, 0.3) is 0 Å². The highest BCUT2D eigenvalue weighted by atomic mass is 35.7. The lowest BCUT2D eigenvalue weighted by Crippen LogP contribution is -2.68. The van der Waals surface area contributed by atoms with Gasteiger partial charge in [0.25, 0.3) is 0 Å². The second-order valence-electron chi connectivity index (χ2n) is 6.86. The second-order valence-corrected chi connectivity index (χ2v) is 11.5. The van der Waals surface area contributed by atoms with E-state index in [2.05, 4.69) is 97.9 Å². The molecule has 0 heterocycles. The maximum atomic E-state index is 12.0. The molecule has 3 rings (SSSR count). The van der Waals surface area contributed by atoms with Crippen LogP contribution in [-0.4, -0.2) is 11.4 Å². The van der Waals surface area contributed by atoms with Crippen LogP contribution in [0.15, 0.2) is 91.0 Å². The third kappa shape index (κ3) is 6.44. The Morgan fingerprint density at radius 1 is 0.733 bits per heavy atom. The molecule has 3 aromatic carbocycles. The van der Waals surface area contributed by atoms with Crippen molar-refractivity contribution in [3.8, 4) is 0 Å². The van der Waals surface area contributed by atoms with Gasteiger partial charge >= 0.3 is 0 Å². The van der Waals surface area contributed by atoms with Crippen molar-refractivity contribution in [3.63, 3.8) is 0 Å². The summed E-state index contributed by atoms with van der Waals surface area (Å²) in [5.74, 6) is 0.250. The van der Waals surface area contributed by atoms with Crippen molar-refractivity contribution in [1.29, 1.82) is 0 Å². The SMILES string of the molecule is CC(=O)CC(C)[P+](c1ccccc1)(c1ccccc1)c1ccccc1.[O-][Cl+3]([O-])([O-])[O-]. The molecule has 3 aromatic rings. The summed E-state index contributed by atoms with van der Waals surface area (Å²) in [5.41, 5.74) is 0.247. The van der Waals surface area contributed by atoms with Gasteiger partial charge in [-0.1, -0.05) is 54.6 Å². The Kier molecular flexibility index (Phi) is 8.68. The number of hydrogen-bond acceptors (Lipinski definition) is 5. The van der Waals surface area contributed by atoms with Crippen LogP contribution in [0, 0.1) is 10.2 Å². The van der Waals surface area contributed by atoms with E-state index in [1.54, 1.807) is 6.92 Å². The number of carbonyl (C=O) groups is 1. The van der Waals surface area contributed by atoms with Gasteiger partial charge in [-0.05, 0) is 50.2 Å². The van der Waals surface area contributed by atoms with Crippen LogP contribution < -0.4 is 34.5 Å². The molecule has 0 N–H and O–H groups in total. The summed E-state index contributed by atoms with van der Waals surface area (Å²) in [6.45, 7) is 3.94. The van der Waals surface area contributed by atoms with Crippen molar-refractivity contribution in [2.75, 3.05) is 0 Å². The monoisotopic (exact) mass is 446 g/mol. The molecule has 0 saturated heterocycles. The van der Waals surface area contributed by atoms with E-state index >= 15 is 0 Å². The minimum Gasteiger partial charge on any atom is -0.300 e. The molecule has 1 unspecified atom stereocenters. The van der Waals surface area contributed by atoms with Crippen LogP contribution in [0.1, 0.15) is 20.3 Å². The van der Waals surface area contributed by atoms with Crippen LogP contribution >= 0.6 is 7.26 Å². The Balaban J connectivity index is 0.000000575. The van der Waals surface area contributed by atoms with Crippen molar-refractivity contribution < 1.29 is 33.7 Å². The van der Waals surface area contributed by atoms with Gasteiger partial charge in [0.15, 0.2) is 0 Å². The fourth-order valence-corrected chi connectivity index (χ4v) is 8.63. The van der Waals surface area contributed by atoms with E-state index in [1.807, 2.05) is 0 Å². The van der Waals surface area contributed by atoms with Gasteiger partial charge in [-0.15, -0.1) is 10.2 Å². The third-order valence-corrected chi connectivity index (χ3v) is 9.58. The highest BCUT2D eigenvalue weighted by molar-refractivity contribution is 7.96.